The van der Waals surface area contributed by atoms with Crippen molar-refractivity contribution < 1.29 is 0 Å². The zero-order chi connectivity index (χ0) is 13.9. The van der Waals surface area contributed by atoms with Gasteiger partial charge in [0.25, 0.3) is 0 Å². The Kier molecular flexibility index (Phi) is 3.25. The SMILES string of the molecule is N#Cc1ccc(N2CCC(n3ccc(N)n3)CC2)nc1. The van der Waals surface area contributed by atoms with Crippen LogP contribution in [0.2, 0.25) is 0 Å². The third kappa shape index (κ3) is 2.43. The Morgan fingerprint density at radius 2 is 2.05 bits per heavy atom. The van der Waals surface area contributed by atoms with Crippen molar-refractivity contribution in [3.63, 3.8) is 0 Å². The van der Waals surface area contributed by atoms with Crippen LogP contribution in [0.4, 0.5) is 11.6 Å². The maximum absolute atomic E-state index is 8.78. The molecule has 0 aliphatic carbocycles. The Morgan fingerprint density at radius 1 is 1.25 bits per heavy atom. The summed E-state index contributed by atoms with van der Waals surface area (Å²) >= 11 is 0. The first-order valence-electron chi connectivity index (χ1n) is 6.68. The first kappa shape index (κ1) is 12.5. The van der Waals surface area contributed by atoms with Crippen molar-refractivity contribution in [3.05, 3.63) is 36.2 Å². The van der Waals surface area contributed by atoms with E-state index in [9.17, 15) is 0 Å². The fraction of sp³-hybridized carbons (Fsp3) is 0.357. The van der Waals surface area contributed by atoms with Gasteiger partial charge in [-0.3, -0.25) is 4.68 Å². The lowest BCUT2D eigenvalue weighted by molar-refractivity contribution is 0.367. The Hall–Kier alpha value is -2.55. The second kappa shape index (κ2) is 5.21. The lowest BCUT2D eigenvalue weighted by atomic mass is 10.1. The maximum Gasteiger partial charge on any atom is 0.145 e. The minimum Gasteiger partial charge on any atom is -0.382 e. The van der Waals surface area contributed by atoms with Gasteiger partial charge in [-0.25, -0.2) is 4.98 Å². The molecule has 0 unspecified atom stereocenters. The molecule has 0 atom stereocenters. The molecule has 0 radical (unpaired) electrons. The summed E-state index contributed by atoms with van der Waals surface area (Å²) < 4.78 is 1.96. The van der Waals surface area contributed by atoms with Crippen LogP contribution in [0.15, 0.2) is 30.6 Å². The van der Waals surface area contributed by atoms with Gasteiger partial charge in [0, 0.05) is 25.5 Å². The molecule has 0 aromatic carbocycles. The van der Waals surface area contributed by atoms with Gasteiger partial charge < -0.3 is 10.6 Å². The quantitative estimate of drug-likeness (QED) is 0.893. The minimum atomic E-state index is 0.405. The molecule has 1 fully saturated rings. The molecule has 6 heteroatoms. The Labute approximate surface area is 117 Å². The summed E-state index contributed by atoms with van der Waals surface area (Å²) in [5.41, 5.74) is 6.25. The van der Waals surface area contributed by atoms with Gasteiger partial charge in [0.05, 0.1) is 11.6 Å². The number of rotatable bonds is 2. The third-order valence-electron chi connectivity index (χ3n) is 3.67. The molecule has 0 amide bonds. The minimum absolute atomic E-state index is 0.405. The lowest BCUT2D eigenvalue weighted by Crippen LogP contribution is -2.35. The predicted octanol–water partition coefficient (Wildman–Crippen LogP) is 1.57. The van der Waals surface area contributed by atoms with Crippen molar-refractivity contribution in [2.24, 2.45) is 0 Å². The largest absolute Gasteiger partial charge is 0.382 e. The molecule has 1 aliphatic rings. The fourth-order valence-corrected chi connectivity index (χ4v) is 2.55. The zero-order valence-corrected chi connectivity index (χ0v) is 11.1. The highest BCUT2D eigenvalue weighted by Gasteiger charge is 2.21. The Bertz CT molecular complexity index is 616. The Balaban J connectivity index is 1.64. The number of anilines is 2. The summed E-state index contributed by atoms with van der Waals surface area (Å²) in [5, 5.41) is 13.1. The van der Waals surface area contributed by atoms with Crippen molar-refractivity contribution >= 4 is 11.6 Å². The van der Waals surface area contributed by atoms with Crippen LogP contribution in [-0.4, -0.2) is 27.9 Å². The van der Waals surface area contributed by atoms with Crippen molar-refractivity contribution in [2.75, 3.05) is 23.7 Å². The molecular weight excluding hydrogens is 252 g/mol. The molecule has 0 bridgehead atoms. The van der Waals surface area contributed by atoms with Gasteiger partial charge in [0.15, 0.2) is 0 Å². The Morgan fingerprint density at radius 3 is 2.60 bits per heavy atom. The first-order chi connectivity index (χ1) is 9.76. The first-order valence-corrected chi connectivity index (χ1v) is 6.68. The molecular formula is C14H16N6. The number of aromatic nitrogens is 3. The number of hydrogen-bond donors (Lipinski definition) is 1. The summed E-state index contributed by atoms with van der Waals surface area (Å²) in [6, 6.07) is 8.03. The fourth-order valence-electron chi connectivity index (χ4n) is 2.55. The monoisotopic (exact) mass is 268 g/mol. The van der Waals surface area contributed by atoms with E-state index < -0.39 is 0 Å². The van der Waals surface area contributed by atoms with E-state index in [0.29, 0.717) is 17.4 Å². The van der Waals surface area contributed by atoms with Crippen molar-refractivity contribution in [1.29, 1.82) is 5.26 Å². The second-order valence-electron chi connectivity index (χ2n) is 4.96. The molecule has 3 heterocycles. The molecule has 2 N–H and O–H groups in total. The van der Waals surface area contributed by atoms with Crippen LogP contribution in [0.1, 0.15) is 24.4 Å². The number of nitrogen functional groups attached to an aromatic ring is 1. The van der Waals surface area contributed by atoms with Gasteiger partial charge in [-0.15, -0.1) is 0 Å². The second-order valence-corrected chi connectivity index (χ2v) is 4.96. The van der Waals surface area contributed by atoms with Gasteiger partial charge >= 0.3 is 0 Å². The average Bonchev–Trinajstić information content (AvgIpc) is 2.94. The van der Waals surface area contributed by atoms with Gasteiger partial charge in [-0.2, -0.15) is 10.4 Å². The number of piperidine rings is 1. The highest BCUT2D eigenvalue weighted by molar-refractivity contribution is 5.42. The summed E-state index contributed by atoms with van der Waals surface area (Å²) in [6.45, 7) is 1.87. The molecule has 1 aliphatic heterocycles. The number of nitrogens with two attached hydrogens (primary N) is 1. The lowest BCUT2D eigenvalue weighted by Gasteiger charge is -2.32. The highest BCUT2D eigenvalue weighted by atomic mass is 15.3. The van der Waals surface area contributed by atoms with Crippen LogP contribution in [0.3, 0.4) is 0 Å². The molecule has 2 aromatic rings. The van der Waals surface area contributed by atoms with E-state index in [-0.39, 0.29) is 0 Å². The third-order valence-corrected chi connectivity index (χ3v) is 3.67. The number of nitrogens with zero attached hydrogens (tertiary/aromatic N) is 5. The standard InChI is InChI=1S/C14H16N6/c15-9-11-1-2-14(17-10-11)19-6-3-12(4-7-19)20-8-5-13(16)18-20/h1-2,5,8,10,12H,3-4,6-7H2,(H2,16,18). The summed E-state index contributed by atoms with van der Waals surface area (Å²) in [6.07, 6.45) is 5.59. The highest BCUT2D eigenvalue weighted by Crippen LogP contribution is 2.25. The van der Waals surface area contributed by atoms with Crippen molar-refractivity contribution in [2.45, 2.75) is 18.9 Å². The predicted molar refractivity (Wildman–Crippen MR) is 76.1 cm³/mol. The van der Waals surface area contributed by atoms with E-state index in [1.807, 2.05) is 29.1 Å². The van der Waals surface area contributed by atoms with Crippen LogP contribution < -0.4 is 10.6 Å². The number of pyridine rings is 1. The molecule has 20 heavy (non-hydrogen) atoms. The van der Waals surface area contributed by atoms with Gasteiger partial charge in [0.1, 0.15) is 17.7 Å². The summed E-state index contributed by atoms with van der Waals surface area (Å²) in [7, 11) is 0. The van der Waals surface area contributed by atoms with E-state index in [4.69, 9.17) is 11.0 Å². The van der Waals surface area contributed by atoms with Crippen molar-refractivity contribution in [3.8, 4) is 6.07 Å². The number of nitriles is 1. The van der Waals surface area contributed by atoms with Crippen LogP contribution in [-0.2, 0) is 0 Å². The van der Waals surface area contributed by atoms with E-state index in [2.05, 4.69) is 21.1 Å². The zero-order valence-electron chi connectivity index (χ0n) is 11.1. The molecule has 3 rings (SSSR count). The molecule has 2 aromatic heterocycles. The van der Waals surface area contributed by atoms with Crippen LogP contribution in [0.25, 0.3) is 0 Å². The topological polar surface area (TPSA) is 83.8 Å². The normalized spacial score (nSPS) is 16.1. The molecule has 6 nitrogen and oxygen atoms in total. The van der Waals surface area contributed by atoms with E-state index in [1.54, 1.807) is 6.20 Å². The van der Waals surface area contributed by atoms with E-state index >= 15 is 0 Å². The van der Waals surface area contributed by atoms with Gasteiger partial charge in [-0.1, -0.05) is 0 Å². The van der Waals surface area contributed by atoms with Gasteiger partial charge in [0.2, 0.25) is 0 Å². The average molecular weight is 268 g/mol. The van der Waals surface area contributed by atoms with Crippen LogP contribution in [0, 0.1) is 11.3 Å². The van der Waals surface area contributed by atoms with Crippen LogP contribution in [0.5, 0.6) is 0 Å². The maximum atomic E-state index is 8.78. The van der Waals surface area contributed by atoms with Crippen LogP contribution >= 0.6 is 0 Å². The molecule has 1 saturated heterocycles. The molecule has 0 spiro atoms. The van der Waals surface area contributed by atoms with Gasteiger partial charge in [-0.05, 0) is 31.0 Å². The van der Waals surface area contributed by atoms with E-state index in [0.717, 1.165) is 31.7 Å². The number of hydrogen-bond acceptors (Lipinski definition) is 5. The summed E-state index contributed by atoms with van der Waals surface area (Å²) in [4.78, 5) is 6.58. The van der Waals surface area contributed by atoms with E-state index in [1.165, 1.54) is 0 Å². The molecule has 0 saturated carbocycles. The summed E-state index contributed by atoms with van der Waals surface area (Å²) in [5.74, 6) is 1.50. The smallest absolute Gasteiger partial charge is 0.145 e. The van der Waals surface area contributed by atoms with Crippen molar-refractivity contribution in [1.82, 2.24) is 14.8 Å². The molecule has 102 valence electrons.